The van der Waals surface area contributed by atoms with E-state index in [0.29, 0.717) is 0 Å². The molecule has 0 fully saturated rings. The van der Waals surface area contributed by atoms with E-state index in [1.165, 1.54) is 0 Å². The minimum atomic E-state index is -0.453. The quantitative estimate of drug-likeness (QED) is 0.383. The zero-order chi connectivity index (χ0) is 11.3. The van der Waals surface area contributed by atoms with Gasteiger partial charge in [0.2, 0.25) is 18.2 Å². The van der Waals surface area contributed by atoms with Crippen LogP contribution in [-0.2, 0) is 0 Å². The molecule has 0 bridgehead atoms. The Bertz CT molecular complexity index is 242. The molecular weight excluding hydrogens is 200 g/mol. The van der Waals surface area contributed by atoms with Crippen LogP contribution < -0.4 is 16.3 Å². The highest BCUT2D eigenvalue weighted by Gasteiger charge is 2.20. The van der Waals surface area contributed by atoms with Crippen LogP contribution in [0.3, 0.4) is 0 Å². The summed E-state index contributed by atoms with van der Waals surface area (Å²) in [4.78, 5) is 10.1. The first-order valence-electron chi connectivity index (χ1n) is 4.72. The average molecular weight is 216 g/mol. The van der Waals surface area contributed by atoms with Gasteiger partial charge >= 0.3 is 0 Å². The average Bonchev–Trinajstić information content (AvgIpc) is 2.30. The summed E-state index contributed by atoms with van der Waals surface area (Å²) in [7, 11) is 0. The number of nitrogens with zero attached hydrogens (tertiary/aromatic N) is 3. The van der Waals surface area contributed by atoms with E-state index in [1.54, 1.807) is 0 Å². The van der Waals surface area contributed by atoms with Gasteiger partial charge in [0.15, 0.2) is 0 Å². The highest BCUT2D eigenvalue weighted by atomic mass is 16.5. The normalized spacial score (nSPS) is 16.9. The molecule has 15 heavy (non-hydrogen) atoms. The van der Waals surface area contributed by atoms with Gasteiger partial charge in [-0.1, -0.05) is 13.8 Å². The molecule has 1 aliphatic heterocycles. The summed E-state index contributed by atoms with van der Waals surface area (Å²) in [6, 6.07) is 0. The second-order valence-electron chi connectivity index (χ2n) is 2.87. The van der Waals surface area contributed by atoms with Crippen LogP contribution in [0.25, 0.3) is 0 Å². The number of aliphatic imine (C=N–C) groups is 2. The molecule has 0 spiro atoms. The lowest BCUT2D eigenvalue weighted by molar-refractivity contribution is 0.197. The SMILES string of the molecule is CCN(CC)C1N=C(NO)NC(NO)=N1. The van der Waals surface area contributed by atoms with Gasteiger partial charge in [-0.05, 0) is 13.1 Å². The topological polar surface area (TPSA) is 105 Å². The third-order valence-electron chi connectivity index (χ3n) is 2.08. The molecule has 0 aromatic heterocycles. The van der Waals surface area contributed by atoms with Gasteiger partial charge in [-0.3, -0.25) is 20.6 Å². The monoisotopic (exact) mass is 216 g/mol. The molecule has 0 aromatic carbocycles. The Morgan fingerprint density at radius 1 is 1.20 bits per heavy atom. The lowest BCUT2D eigenvalue weighted by atomic mass is 10.5. The van der Waals surface area contributed by atoms with E-state index in [4.69, 9.17) is 10.4 Å². The van der Waals surface area contributed by atoms with Gasteiger partial charge in [-0.25, -0.2) is 20.9 Å². The van der Waals surface area contributed by atoms with Crippen LogP contribution in [0.5, 0.6) is 0 Å². The van der Waals surface area contributed by atoms with Gasteiger partial charge in [0.25, 0.3) is 0 Å². The first-order chi connectivity index (χ1) is 7.24. The van der Waals surface area contributed by atoms with Crippen molar-refractivity contribution in [3.8, 4) is 0 Å². The van der Waals surface area contributed by atoms with Crippen molar-refractivity contribution >= 4 is 11.9 Å². The van der Waals surface area contributed by atoms with E-state index in [0.717, 1.165) is 13.1 Å². The van der Waals surface area contributed by atoms with Gasteiger partial charge in [-0.15, -0.1) is 0 Å². The van der Waals surface area contributed by atoms with Crippen LogP contribution in [0.1, 0.15) is 13.8 Å². The molecular formula is C7H16N6O2. The van der Waals surface area contributed by atoms with Gasteiger partial charge in [0, 0.05) is 0 Å². The third kappa shape index (κ3) is 2.78. The Morgan fingerprint density at radius 3 is 2.00 bits per heavy atom. The van der Waals surface area contributed by atoms with Crippen LogP contribution in [-0.4, -0.2) is 46.6 Å². The van der Waals surface area contributed by atoms with E-state index in [1.807, 2.05) is 29.7 Å². The minimum absolute atomic E-state index is 0.137. The Morgan fingerprint density at radius 2 is 1.67 bits per heavy atom. The zero-order valence-corrected chi connectivity index (χ0v) is 8.73. The minimum Gasteiger partial charge on any atom is -0.293 e. The van der Waals surface area contributed by atoms with E-state index >= 15 is 0 Å². The molecule has 0 amide bonds. The smallest absolute Gasteiger partial charge is 0.225 e. The van der Waals surface area contributed by atoms with Gasteiger partial charge in [-0.2, -0.15) is 0 Å². The van der Waals surface area contributed by atoms with Crippen LogP contribution in [0.15, 0.2) is 9.98 Å². The fourth-order valence-electron chi connectivity index (χ4n) is 1.26. The zero-order valence-electron chi connectivity index (χ0n) is 8.73. The van der Waals surface area contributed by atoms with Crippen molar-refractivity contribution < 1.29 is 10.4 Å². The summed E-state index contributed by atoms with van der Waals surface area (Å²) in [6.07, 6.45) is -0.453. The van der Waals surface area contributed by atoms with Crippen molar-refractivity contribution in [2.75, 3.05) is 13.1 Å². The van der Waals surface area contributed by atoms with Crippen molar-refractivity contribution in [1.29, 1.82) is 0 Å². The summed E-state index contributed by atoms with van der Waals surface area (Å²) < 4.78 is 0. The van der Waals surface area contributed by atoms with Gasteiger partial charge in [0.05, 0.1) is 0 Å². The summed E-state index contributed by atoms with van der Waals surface area (Å²) >= 11 is 0. The molecule has 0 aromatic rings. The van der Waals surface area contributed by atoms with Crippen molar-refractivity contribution in [2.24, 2.45) is 9.98 Å². The Labute approximate surface area is 87.6 Å². The van der Waals surface area contributed by atoms with Crippen molar-refractivity contribution in [2.45, 2.75) is 20.1 Å². The Balaban J connectivity index is 2.80. The van der Waals surface area contributed by atoms with Gasteiger partial charge < -0.3 is 0 Å². The lowest BCUT2D eigenvalue weighted by Gasteiger charge is -2.27. The third-order valence-corrected chi connectivity index (χ3v) is 2.08. The molecule has 0 saturated carbocycles. The predicted octanol–water partition coefficient (Wildman–Crippen LogP) is -1.12. The summed E-state index contributed by atoms with van der Waals surface area (Å²) in [6.45, 7) is 5.50. The molecule has 0 unspecified atom stereocenters. The van der Waals surface area contributed by atoms with Crippen LogP contribution >= 0.6 is 0 Å². The molecule has 0 saturated heterocycles. The largest absolute Gasteiger partial charge is 0.293 e. The summed E-state index contributed by atoms with van der Waals surface area (Å²) in [5.74, 6) is 0.275. The molecule has 1 heterocycles. The van der Waals surface area contributed by atoms with Gasteiger partial charge in [0.1, 0.15) is 0 Å². The number of hydrogen-bond donors (Lipinski definition) is 5. The molecule has 8 nitrogen and oxygen atoms in total. The predicted molar refractivity (Wildman–Crippen MR) is 54.6 cm³/mol. The number of rotatable bonds is 3. The first-order valence-corrected chi connectivity index (χ1v) is 4.72. The van der Waals surface area contributed by atoms with Crippen LogP contribution in [0.4, 0.5) is 0 Å². The Kier molecular flexibility index (Phi) is 4.28. The highest BCUT2D eigenvalue weighted by molar-refractivity contribution is 5.99. The molecule has 0 aliphatic carbocycles. The van der Waals surface area contributed by atoms with Crippen molar-refractivity contribution in [3.63, 3.8) is 0 Å². The second kappa shape index (κ2) is 5.49. The van der Waals surface area contributed by atoms with E-state index in [2.05, 4.69) is 15.3 Å². The lowest BCUT2D eigenvalue weighted by Crippen LogP contribution is -2.51. The molecule has 8 heteroatoms. The molecule has 0 atom stereocenters. The van der Waals surface area contributed by atoms with E-state index < -0.39 is 6.29 Å². The van der Waals surface area contributed by atoms with Crippen molar-refractivity contribution in [1.82, 2.24) is 21.2 Å². The maximum absolute atomic E-state index is 8.72. The van der Waals surface area contributed by atoms with Crippen molar-refractivity contribution in [3.05, 3.63) is 0 Å². The second-order valence-corrected chi connectivity index (χ2v) is 2.87. The highest BCUT2D eigenvalue weighted by Crippen LogP contribution is 2.05. The molecule has 1 aliphatic rings. The fourth-order valence-corrected chi connectivity index (χ4v) is 1.26. The molecule has 1 rings (SSSR count). The molecule has 86 valence electrons. The number of hydroxylamine groups is 2. The first kappa shape index (κ1) is 11.7. The van der Waals surface area contributed by atoms with Crippen LogP contribution in [0, 0.1) is 0 Å². The van der Waals surface area contributed by atoms with Crippen LogP contribution in [0.2, 0.25) is 0 Å². The maximum atomic E-state index is 8.72. The summed E-state index contributed by atoms with van der Waals surface area (Å²) in [5, 5.41) is 20.0. The number of nitrogens with one attached hydrogen (secondary N) is 3. The maximum Gasteiger partial charge on any atom is 0.225 e. The fraction of sp³-hybridized carbons (Fsp3) is 0.714. The standard InChI is InChI=1S/C7H16N6O2/c1-3-13(4-2)7-9-5(11-14)8-6(10-7)12-15/h7,14-15H,3-4H2,1-2H3,(H3,8,9,10,11,12). The van der Waals surface area contributed by atoms with E-state index in [-0.39, 0.29) is 11.9 Å². The number of hydrogen-bond acceptors (Lipinski definition) is 8. The molecule has 5 N–H and O–H groups in total. The Hall–Kier alpha value is -1.38. The molecule has 0 radical (unpaired) electrons. The van der Waals surface area contributed by atoms with E-state index in [9.17, 15) is 0 Å². The number of guanidine groups is 2. The summed E-state index contributed by atoms with van der Waals surface area (Å²) in [5.41, 5.74) is 3.76.